The molecule has 0 saturated carbocycles. The molecule has 0 spiro atoms. The predicted octanol–water partition coefficient (Wildman–Crippen LogP) is 2.15. The Bertz CT molecular complexity index is 266. The third-order valence-electron chi connectivity index (χ3n) is 3.26. The van der Waals surface area contributed by atoms with Gasteiger partial charge in [-0.2, -0.15) is 0 Å². The standard InChI is InChI=1S/C13H26N2O/c1-12(2,3)8-11(16)15-9-10(14)6-7-13(15,4)5/h10H,6-9,14H2,1-5H3. The van der Waals surface area contributed by atoms with Crippen molar-refractivity contribution in [2.45, 2.75) is 65.5 Å². The molecule has 1 saturated heterocycles. The molecule has 0 aromatic rings. The molecule has 1 amide bonds. The number of carbonyl (C=O) groups is 1. The fourth-order valence-electron chi connectivity index (χ4n) is 2.24. The number of nitrogens with two attached hydrogens (primary N) is 1. The van der Waals surface area contributed by atoms with E-state index in [-0.39, 0.29) is 22.9 Å². The molecule has 0 aromatic heterocycles. The van der Waals surface area contributed by atoms with Crippen molar-refractivity contribution in [3.63, 3.8) is 0 Å². The molecule has 3 nitrogen and oxygen atoms in total. The largest absolute Gasteiger partial charge is 0.336 e. The van der Waals surface area contributed by atoms with E-state index in [1.54, 1.807) is 0 Å². The van der Waals surface area contributed by atoms with E-state index in [2.05, 4.69) is 34.6 Å². The Morgan fingerprint density at radius 1 is 1.44 bits per heavy atom. The average molecular weight is 226 g/mol. The van der Waals surface area contributed by atoms with Gasteiger partial charge in [0.2, 0.25) is 5.91 Å². The Labute approximate surface area is 99.4 Å². The summed E-state index contributed by atoms with van der Waals surface area (Å²) in [6, 6.07) is 0.150. The summed E-state index contributed by atoms with van der Waals surface area (Å²) >= 11 is 0. The Morgan fingerprint density at radius 3 is 2.50 bits per heavy atom. The smallest absolute Gasteiger partial charge is 0.223 e. The third kappa shape index (κ3) is 3.48. The monoisotopic (exact) mass is 226 g/mol. The lowest BCUT2D eigenvalue weighted by atomic mass is 9.85. The fourth-order valence-corrected chi connectivity index (χ4v) is 2.24. The Hall–Kier alpha value is -0.570. The molecule has 0 aromatic carbocycles. The molecule has 1 fully saturated rings. The number of likely N-dealkylation sites (tertiary alicyclic amines) is 1. The Kier molecular flexibility index (Phi) is 3.68. The van der Waals surface area contributed by atoms with Gasteiger partial charge >= 0.3 is 0 Å². The molecule has 1 atom stereocenters. The maximum absolute atomic E-state index is 12.2. The number of carbonyl (C=O) groups excluding carboxylic acids is 1. The van der Waals surface area contributed by atoms with Crippen LogP contribution in [0.1, 0.15) is 53.9 Å². The fraction of sp³-hybridized carbons (Fsp3) is 0.923. The van der Waals surface area contributed by atoms with E-state index in [1.807, 2.05) is 4.90 Å². The molecule has 1 aliphatic rings. The highest BCUT2D eigenvalue weighted by Gasteiger charge is 2.36. The van der Waals surface area contributed by atoms with Crippen LogP contribution in [-0.2, 0) is 4.79 Å². The van der Waals surface area contributed by atoms with Gasteiger partial charge in [-0.05, 0) is 32.1 Å². The second-order valence-corrected chi connectivity index (χ2v) is 6.85. The maximum atomic E-state index is 12.2. The van der Waals surface area contributed by atoms with Crippen molar-refractivity contribution in [1.82, 2.24) is 4.90 Å². The van der Waals surface area contributed by atoms with Crippen LogP contribution in [0.15, 0.2) is 0 Å². The highest BCUT2D eigenvalue weighted by molar-refractivity contribution is 5.77. The van der Waals surface area contributed by atoms with Crippen LogP contribution in [0, 0.1) is 5.41 Å². The van der Waals surface area contributed by atoms with Crippen LogP contribution in [0.4, 0.5) is 0 Å². The quantitative estimate of drug-likeness (QED) is 0.744. The van der Waals surface area contributed by atoms with Crippen molar-refractivity contribution in [3.8, 4) is 0 Å². The van der Waals surface area contributed by atoms with E-state index in [0.29, 0.717) is 13.0 Å². The zero-order chi connectivity index (χ0) is 12.6. The van der Waals surface area contributed by atoms with Crippen LogP contribution >= 0.6 is 0 Å². The zero-order valence-electron chi connectivity index (χ0n) is 11.3. The summed E-state index contributed by atoms with van der Waals surface area (Å²) in [5.41, 5.74) is 5.97. The first-order valence-corrected chi connectivity index (χ1v) is 6.18. The minimum Gasteiger partial charge on any atom is -0.336 e. The van der Waals surface area contributed by atoms with Gasteiger partial charge in [-0.15, -0.1) is 0 Å². The van der Waals surface area contributed by atoms with Gasteiger partial charge in [0.25, 0.3) is 0 Å². The number of nitrogens with zero attached hydrogens (tertiary/aromatic N) is 1. The summed E-state index contributed by atoms with van der Waals surface area (Å²) in [5, 5.41) is 0. The molecule has 1 heterocycles. The maximum Gasteiger partial charge on any atom is 0.223 e. The lowest BCUT2D eigenvalue weighted by molar-refractivity contribution is -0.140. The SMILES string of the molecule is CC(C)(C)CC(=O)N1CC(N)CCC1(C)C. The number of rotatable bonds is 1. The van der Waals surface area contributed by atoms with E-state index in [0.717, 1.165) is 12.8 Å². The molecule has 1 rings (SSSR count). The molecule has 3 heteroatoms. The van der Waals surface area contributed by atoms with E-state index in [1.165, 1.54) is 0 Å². The minimum absolute atomic E-state index is 0.0296. The van der Waals surface area contributed by atoms with Crippen molar-refractivity contribution in [2.75, 3.05) is 6.54 Å². The number of amides is 1. The van der Waals surface area contributed by atoms with Crippen molar-refractivity contribution in [1.29, 1.82) is 0 Å². The summed E-state index contributed by atoms with van der Waals surface area (Å²) < 4.78 is 0. The molecule has 0 aliphatic carbocycles. The molecule has 0 bridgehead atoms. The van der Waals surface area contributed by atoms with E-state index in [9.17, 15) is 4.79 Å². The predicted molar refractivity (Wildman–Crippen MR) is 67.1 cm³/mol. The molecule has 1 aliphatic heterocycles. The van der Waals surface area contributed by atoms with Gasteiger partial charge in [0.05, 0.1) is 0 Å². The van der Waals surface area contributed by atoms with Gasteiger partial charge < -0.3 is 10.6 Å². The number of hydrogen-bond acceptors (Lipinski definition) is 2. The lowest BCUT2D eigenvalue weighted by Crippen LogP contribution is -2.57. The molecule has 94 valence electrons. The summed E-state index contributed by atoms with van der Waals surface area (Å²) in [5.74, 6) is 0.243. The first-order chi connectivity index (χ1) is 7.12. The number of piperidine rings is 1. The lowest BCUT2D eigenvalue weighted by Gasteiger charge is -2.45. The summed E-state index contributed by atoms with van der Waals surface area (Å²) in [7, 11) is 0. The van der Waals surface area contributed by atoms with E-state index in [4.69, 9.17) is 5.73 Å². The minimum atomic E-state index is -0.0296. The zero-order valence-corrected chi connectivity index (χ0v) is 11.3. The highest BCUT2D eigenvalue weighted by atomic mass is 16.2. The van der Waals surface area contributed by atoms with Gasteiger partial charge in [-0.25, -0.2) is 0 Å². The molecule has 0 radical (unpaired) electrons. The molecular formula is C13H26N2O. The Morgan fingerprint density at radius 2 is 2.00 bits per heavy atom. The van der Waals surface area contributed by atoms with Gasteiger partial charge in [0, 0.05) is 24.5 Å². The second-order valence-electron chi connectivity index (χ2n) is 6.85. The van der Waals surface area contributed by atoms with Crippen molar-refractivity contribution in [3.05, 3.63) is 0 Å². The molecule has 2 N–H and O–H groups in total. The van der Waals surface area contributed by atoms with Crippen LogP contribution in [0.3, 0.4) is 0 Å². The van der Waals surface area contributed by atoms with Gasteiger partial charge in [0.15, 0.2) is 0 Å². The molecular weight excluding hydrogens is 200 g/mol. The normalized spacial score (nSPS) is 25.6. The first-order valence-electron chi connectivity index (χ1n) is 6.18. The van der Waals surface area contributed by atoms with Crippen LogP contribution < -0.4 is 5.73 Å². The number of hydrogen-bond donors (Lipinski definition) is 1. The van der Waals surface area contributed by atoms with Crippen LogP contribution in [-0.4, -0.2) is 28.9 Å². The van der Waals surface area contributed by atoms with Crippen LogP contribution in [0.5, 0.6) is 0 Å². The van der Waals surface area contributed by atoms with Crippen molar-refractivity contribution in [2.24, 2.45) is 11.1 Å². The van der Waals surface area contributed by atoms with Crippen LogP contribution in [0.2, 0.25) is 0 Å². The molecule has 1 unspecified atom stereocenters. The highest BCUT2D eigenvalue weighted by Crippen LogP contribution is 2.30. The molecule has 16 heavy (non-hydrogen) atoms. The van der Waals surface area contributed by atoms with Gasteiger partial charge in [0.1, 0.15) is 0 Å². The summed E-state index contributed by atoms with van der Waals surface area (Å²) in [4.78, 5) is 14.2. The Balaban J connectivity index is 2.72. The van der Waals surface area contributed by atoms with Crippen LogP contribution in [0.25, 0.3) is 0 Å². The van der Waals surface area contributed by atoms with Gasteiger partial charge in [-0.1, -0.05) is 20.8 Å². The van der Waals surface area contributed by atoms with Crippen molar-refractivity contribution < 1.29 is 4.79 Å². The van der Waals surface area contributed by atoms with E-state index >= 15 is 0 Å². The second kappa shape index (κ2) is 4.36. The summed E-state index contributed by atoms with van der Waals surface area (Å²) in [6.45, 7) is 11.3. The first kappa shape index (κ1) is 13.5. The topological polar surface area (TPSA) is 46.3 Å². The van der Waals surface area contributed by atoms with Crippen molar-refractivity contribution >= 4 is 5.91 Å². The average Bonchev–Trinajstić information content (AvgIpc) is 2.06. The van der Waals surface area contributed by atoms with Gasteiger partial charge in [-0.3, -0.25) is 4.79 Å². The third-order valence-corrected chi connectivity index (χ3v) is 3.26. The van der Waals surface area contributed by atoms with E-state index < -0.39 is 0 Å². The summed E-state index contributed by atoms with van der Waals surface area (Å²) in [6.07, 6.45) is 2.62.